The minimum atomic E-state index is 0.0528. The van der Waals surface area contributed by atoms with Crippen LogP contribution in [-0.4, -0.2) is 170 Å². The Morgan fingerprint density at radius 2 is 0.976 bits per heavy atom. The first-order valence-electron chi connectivity index (χ1n) is 29.9. The second-order valence-corrected chi connectivity index (χ2v) is 24.5. The van der Waals surface area contributed by atoms with Gasteiger partial charge in [-0.25, -0.2) is 9.97 Å². The molecule has 4 aromatic heterocycles. The van der Waals surface area contributed by atoms with Crippen LogP contribution in [0.1, 0.15) is 68.7 Å². The third kappa shape index (κ3) is 10.7. The summed E-state index contributed by atoms with van der Waals surface area (Å²) in [6.07, 6.45) is 14.7. The van der Waals surface area contributed by atoms with E-state index in [2.05, 4.69) is 93.9 Å². The first-order valence-corrected chi connectivity index (χ1v) is 29.9. The monoisotopic (exact) mass is 1100 g/mol. The fraction of sp³-hybridized carbons (Fsp3) is 0.412. The van der Waals surface area contributed by atoms with E-state index in [4.69, 9.17) is 19.4 Å². The van der Waals surface area contributed by atoms with E-state index < -0.39 is 0 Å². The van der Waals surface area contributed by atoms with Crippen molar-refractivity contribution in [3.8, 4) is 44.5 Å². The van der Waals surface area contributed by atoms with Crippen LogP contribution in [0, 0.1) is 25.7 Å². The molecular formula is C68H78N10O4. The van der Waals surface area contributed by atoms with Gasteiger partial charge in [0.25, 0.3) is 11.8 Å². The maximum Gasteiger partial charge on any atom is 0.253 e. The number of aromatic amines is 2. The van der Waals surface area contributed by atoms with Gasteiger partial charge in [-0.05, 0) is 172 Å². The van der Waals surface area contributed by atoms with Crippen molar-refractivity contribution < 1.29 is 19.1 Å². The van der Waals surface area contributed by atoms with Crippen LogP contribution >= 0.6 is 0 Å². The SMILES string of the molecule is Cc1cc(-c2cnc3[nH]cc(-c4ccc(C(=O)N(C)C[C@H]5CCOC5)cc4)c3c2)cc2c1N1CCN(C)C[C@@H]1CC2.Cc1cc(-c2cnc3[nH]cc(-c4ccc(C(=O)N(C)C[C@H]5CCOC5)cc4)c3c2)cc2c1N1CCN(C)C[C@H]1CC2. The fourth-order valence-electron chi connectivity index (χ4n) is 14.2. The van der Waals surface area contributed by atoms with Crippen LogP contribution in [0.25, 0.3) is 66.6 Å². The molecule has 6 aliphatic heterocycles. The van der Waals surface area contributed by atoms with Crippen LogP contribution in [0.2, 0.25) is 0 Å². The summed E-state index contributed by atoms with van der Waals surface area (Å²) in [5.74, 6) is 0.964. The van der Waals surface area contributed by atoms with Crippen molar-refractivity contribution in [3.63, 3.8) is 0 Å². The summed E-state index contributed by atoms with van der Waals surface area (Å²) in [5.41, 5.74) is 20.7. The van der Waals surface area contributed by atoms with Crippen molar-refractivity contribution in [1.29, 1.82) is 0 Å². The Labute approximate surface area is 482 Å². The molecule has 10 heterocycles. The number of pyridine rings is 2. The number of nitrogens with one attached hydrogen (secondary N) is 2. The van der Waals surface area contributed by atoms with Crippen LogP contribution in [0.4, 0.5) is 11.4 Å². The molecule has 0 saturated carbocycles. The molecule has 4 atom stereocenters. The number of carbonyl (C=O) groups excluding carboxylic acids is 2. The number of ether oxygens (including phenoxy) is 2. The number of nitrogens with zero attached hydrogens (tertiary/aromatic N) is 8. The van der Waals surface area contributed by atoms with Crippen molar-refractivity contribution in [2.24, 2.45) is 11.8 Å². The number of anilines is 2. The van der Waals surface area contributed by atoms with Gasteiger partial charge in [-0.1, -0.05) is 24.3 Å². The highest BCUT2D eigenvalue weighted by atomic mass is 16.5. The Bertz CT molecular complexity index is 3410. The van der Waals surface area contributed by atoms with Crippen LogP contribution in [0.5, 0.6) is 0 Å². The molecule has 2 N–H and O–H groups in total. The molecule has 82 heavy (non-hydrogen) atoms. The predicted molar refractivity (Wildman–Crippen MR) is 329 cm³/mol. The summed E-state index contributed by atoms with van der Waals surface area (Å²) in [6, 6.07) is 31.1. The predicted octanol–water partition coefficient (Wildman–Crippen LogP) is 10.8. The van der Waals surface area contributed by atoms with Crippen LogP contribution in [0.3, 0.4) is 0 Å². The Hall–Kier alpha value is -7.36. The minimum absolute atomic E-state index is 0.0528. The van der Waals surface area contributed by atoms with E-state index in [0.29, 0.717) is 35.0 Å². The number of rotatable bonds is 10. The standard InChI is InChI=1S/2C34H39N5O2/c2*1-22-14-27(15-26-8-9-29-20-37(2)11-12-39(29)32(22)26)28-16-30-31(18-36-33(30)35-17-28)24-4-6-25(7-5-24)34(40)38(3)19-23-10-13-41-21-23/h2*4-7,14-18,23,29H,8-13,19-21H2,1-3H3,(H,35,36)/t23-,29+;23-,29-/m11/s1. The molecule has 8 aromatic rings. The molecule has 0 bridgehead atoms. The lowest BCUT2D eigenvalue weighted by atomic mass is 9.89. The van der Waals surface area contributed by atoms with Crippen LogP contribution < -0.4 is 9.80 Å². The maximum atomic E-state index is 13.0. The van der Waals surface area contributed by atoms with Crippen molar-refractivity contribution in [1.82, 2.24) is 39.5 Å². The topological polar surface area (TPSA) is 129 Å². The molecule has 0 aliphatic carbocycles. The summed E-state index contributed by atoms with van der Waals surface area (Å²) < 4.78 is 11.0. The van der Waals surface area contributed by atoms with Gasteiger partial charge in [-0.15, -0.1) is 0 Å². The van der Waals surface area contributed by atoms with Crippen LogP contribution in [0.15, 0.2) is 110 Å². The molecule has 4 saturated heterocycles. The molecule has 0 spiro atoms. The Morgan fingerprint density at radius 1 is 0.549 bits per heavy atom. The van der Waals surface area contributed by atoms with E-state index in [9.17, 15) is 9.59 Å². The second kappa shape index (κ2) is 22.8. The smallest absolute Gasteiger partial charge is 0.253 e. The van der Waals surface area contributed by atoms with Crippen molar-refractivity contribution >= 4 is 45.3 Å². The van der Waals surface area contributed by atoms with E-state index in [1.165, 1.54) is 57.6 Å². The minimum Gasteiger partial charge on any atom is -0.381 e. The zero-order chi connectivity index (χ0) is 56.2. The Kier molecular flexibility index (Phi) is 15.0. The number of H-pyrrole nitrogens is 2. The number of aryl methyl sites for hydroxylation is 4. The summed E-state index contributed by atoms with van der Waals surface area (Å²) >= 11 is 0. The Morgan fingerprint density at radius 3 is 1.38 bits per heavy atom. The van der Waals surface area contributed by atoms with Crippen molar-refractivity contribution in [2.45, 2.75) is 64.5 Å². The van der Waals surface area contributed by atoms with E-state index in [1.54, 1.807) is 0 Å². The average Bonchev–Trinajstić information content (AvgIpc) is 4.36. The quantitative estimate of drug-likeness (QED) is 0.137. The summed E-state index contributed by atoms with van der Waals surface area (Å²) in [4.78, 5) is 56.2. The number of hydrogen-bond donors (Lipinski definition) is 2. The number of benzene rings is 4. The van der Waals surface area contributed by atoms with Gasteiger partial charge in [-0.3, -0.25) is 9.59 Å². The van der Waals surface area contributed by atoms with Crippen LogP contribution in [-0.2, 0) is 22.3 Å². The highest BCUT2D eigenvalue weighted by Gasteiger charge is 2.34. The normalized spacial score (nSPS) is 20.7. The van der Waals surface area contributed by atoms with E-state index in [0.717, 1.165) is 160 Å². The molecule has 424 valence electrons. The molecular weight excluding hydrogens is 1020 g/mol. The van der Waals surface area contributed by atoms with Gasteiger partial charge in [0, 0.05) is 184 Å². The second-order valence-electron chi connectivity index (χ2n) is 24.5. The lowest BCUT2D eigenvalue weighted by Crippen LogP contribution is -2.54. The highest BCUT2D eigenvalue weighted by molar-refractivity contribution is 6.00. The number of hydrogen-bond acceptors (Lipinski definition) is 10. The van der Waals surface area contributed by atoms with Gasteiger partial charge in [0.1, 0.15) is 11.3 Å². The number of likely N-dealkylation sites (N-methyl/N-ethyl adjacent to an activating group) is 2. The highest BCUT2D eigenvalue weighted by Crippen LogP contribution is 2.42. The Balaban J connectivity index is 0.000000154. The molecule has 0 radical (unpaired) electrons. The van der Waals surface area contributed by atoms with Gasteiger partial charge >= 0.3 is 0 Å². The van der Waals surface area contributed by atoms with Gasteiger partial charge in [0.15, 0.2) is 0 Å². The van der Waals surface area contributed by atoms with Crippen molar-refractivity contribution in [2.75, 3.05) is 117 Å². The van der Waals surface area contributed by atoms with Gasteiger partial charge in [0.2, 0.25) is 0 Å². The molecule has 14 heteroatoms. The number of amides is 2. The summed E-state index contributed by atoms with van der Waals surface area (Å²) in [7, 11) is 8.24. The van der Waals surface area contributed by atoms with E-state index in [-0.39, 0.29) is 11.8 Å². The lowest BCUT2D eigenvalue weighted by molar-refractivity contribution is 0.0758. The third-order valence-electron chi connectivity index (χ3n) is 18.6. The zero-order valence-electron chi connectivity index (χ0n) is 48.6. The fourth-order valence-corrected chi connectivity index (χ4v) is 14.2. The maximum absolute atomic E-state index is 13.0. The largest absolute Gasteiger partial charge is 0.381 e. The molecule has 0 unspecified atom stereocenters. The van der Waals surface area contributed by atoms with Gasteiger partial charge < -0.3 is 48.8 Å². The molecule has 14 rings (SSSR count). The first kappa shape index (κ1) is 53.9. The number of carbonyl (C=O) groups is 2. The van der Waals surface area contributed by atoms with Crippen molar-refractivity contribution in [3.05, 3.63) is 143 Å². The number of piperazine rings is 2. The zero-order valence-corrected chi connectivity index (χ0v) is 48.6. The molecule has 4 aromatic carbocycles. The lowest BCUT2D eigenvalue weighted by Gasteiger charge is -2.46. The molecule has 2 amide bonds. The number of fused-ring (bicyclic) bond motifs is 8. The average molecular weight is 1100 g/mol. The molecule has 6 aliphatic rings. The van der Waals surface area contributed by atoms with E-state index in [1.807, 2.05) is 97.2 Å². The number of aromatic nitrogens is 4. The van der Waals surface area contributed by atoms with E-state index >= 15 is 0 Å². The van der Waals surface area contributed by atoms with Gasteiger partial charge in [0.05, 0.1) is 13.2 Å². The first-order chi connectivity index (χ1) is 39.9. The third-order valence-corrected chi connectivity index (χ3v) is 18.6. The molecule has 14 nitrogen and oxygen atoms in total. The summed E-state index contributed by atoms with van der Waals surface area (Å²) in [5, 5.41) is 2.18. The summed E-state index contributed by atoms with van der Waals surface area (Å²) in [6.45, 7) is 15.8. The van der Waals surface area contributed by atoms with Gasteiger partial charge in [-0.2, -0.15) is 0 Å². The molecule has 4 fully saturated rings.